The first kappa shape index (κ1) is 7.97. The molecule has 0 atom stereocenters. The van der Waals surface area contributed by atoms with Crippen molar-refractivity contribution in [3.05, 3.63) is 28.6 Å². The van der Waals surface area contributed by atoms with E-state index in [1.54, 1.807) is 0 Å². The van der Waals surface area contributed by atoms with Crippen molar-refractivity contribution in [2.75, 3.05) is 0 Å². The van der Waals surface area contributed by atoms with Gasteiger partial charge in [-0.25, -0.2) is 0 Å². The van der Waals surface area contributed by atoms with Crippen LogP contribution in [0.3, 0.4) is 0 Å². The molecule has 5 heteroatoms. The minimum Gasteiger partial charge on any atom is -0.482 e. The molecule has 0 N–H and O–H groups in total. The molecule has 1 aliphatic carbocycles. The van der Waals surface area contributed by atoms with Crippen LogP contribution >= 0.6 is 0 Å². The molecular weight excluding hydrogens is 172 g/mol. The van der Waals surface area contributed by atoms with E-state index in [0.29, 0.717) is 0 Å². The van der Waals surface area contributed by atoms with E-state index in [4.69, 9.17) is 4.74 Å². The van der Waals surface area contributed by atoms with Gasteiger partial charge in [-0.2, -0.15) is 0 Å². The highest BCUT2D eigenvalue weighted by Crippen LogP contribution is 2.31. The highest BCUT2D eigenvalue weighted by Gasteiger charge is 2.27. The van der Waals surface area contributed by atoms with Crippen LogP contribution in [0.4, 0.5) is 5.69 Å². The molecule has 0 aromatic carbocycles. The predicted molar refractivity (Wildman–Crippen MR) is 44.5 cm³/mol. The Kier molecular flexibility index (Phi) is 1.84. The fraction of sp³-hybridized carbons (Fsp3) is 0.375. The summed E-state index contributed by atoms with van der Waals surface area (Å²) in [4.78, 5) is 13.8. The van der Waals surface area contributed by atoms with Crippen LogP contribution in [0.5, 0.6) is 5.75 Å². The smallest absolute Gasteiger partial charge is 0.314 e. The third-order valence-electron chi connectivity index (χ3n) is 1.78. The lowest BCUT2D eigenvalue weighted by Gasteiger charge is -2.02. The largest absolute Gasteiger partial charge is 0.482 e. The van der Waals surface area contributed by atoms with Gasteiger partial charge in [0.25, 0.3) is 0 Å². The van der Waals surface area contributed by atoms with E-state index in [-0.39, 0.29) is 17.5 Å². The summed E-state index contributed by atoms with van der Waals surface area (Å²) in [6.45, 7) is 0. The second-order valence-corrected chi connectivity index (χ2v) is 2.92. The van der Waals surface area contributed by atoms with Crippen molar-refractivity contribution >= 4 is 5.69 Å². The molecule has 0 unspecified atom stereocenters. The van der Waals surface area contributed by atoms with Crippen molar-refractivity contribution in [1.29, 1.82) is 0 Å². The van der Waals surface area contributed by atoms with Crippen LogP contribution in [-0.4, -0.2) is 16.0 Å². The van der Waals surface area contributed by atoms with Gasteiger partial charge in [0.2, 0.25) is 5.75 Å². The van der Waals surface area contributed by atoms with Gasteiger partial charge in [0.15, 0.2) is 0 Å². The van der Waals surface area contributed by atoms with Crippen LogP contribution in [0.25, 0.3) is 0 Å². The number of ether oxygens (including phenoxy) is 1. The second-order valence-electron chi connectivity index (χ2n) is 2.92. The van der Waals surface area contributed by atoms with E-state index in [1.165, 1.54) is 18.5 Å². The maximum Gasteiger partial charge on any atom is 0.314 e. The number of aromatic nitrogens is 1. The van der Waals surface area contributed by atoms with Gasteiger partial charge in [0.1, 0.15) is 0 Å². The van der Waals surface area contributed by atoms with Crippen LogP contribution in [-0.2, 0) is 0 Å². The zero-order valence-corrected chi connectivity index (χ0v) is 6.84. The zero-order valence-electron chi connectivity index (χ0n) is 6.84. The van der Waals surface area contributed by atoms with E-state index in [9.17, 15) is 10.1 Å². The summed E-state index contributed by atoms with van der Waals surface area (Å²) in [6.07, 6.45) is 4.88. The van der Waals surface area contributed by atoms with E-state index < -0.39 is 4.92 Å². The number of nitro groups is 1. The SMILES string of the molecule is O=[N+]([O-])c1ccncc1OC1CC1. The number of rotatable bonds is 3. The standard InChI is InChI=1S/C8H8N2O3/c11-10(12)7-3-4-9-5-8(7)13-6-1-2-6/h3-6H,1-2H2. The van der Waals surface area contributed by atoms with Crippen LogP contribution < -0.4 is 4.74 Å². The predicted octanol–water partition coefficient (Wildman–Crippen LogP) is 1.53. The Morgan fingerprint density at radius 2 is 2.38 bits per heavy atom. The number of hydrogen-bond acceptors (Lipinski definition) is 4. The summed E-state index contributed by atoms with van der Waals surface area (Å²) >= 11 is 0. The first-order valence-corrected chi connectivity index (χ1v) is 4.02. The van der Waals surface area contributed by atoms with E-state index in [0.717, 1.165) is 12.8 Å². The molecule has 0 saturated heterocycles. The summed E-state index contributed by atoms with van der Waals surface area (Å²) in [5.74, 6) is 0.273. The lowest BCUT2D eigenvalue weighted by molar-refractivity contribution is -0.386. The molecule has 1 fully saturated rings. The first-order chi connectivity index (χ1) is 6.27. The summed E-state index contributed by atoms with van der Waals surface area (Å²) in [7, 11) is 0. The summed E-state index contributed by atoms with van der Waals surface area (Å²) < 4.78 is 5.31. The molecule has 0 aliphatic heterocycles. The molecule has 0 spiro atoms. The fourth-order valence-corrected chi connectivity index (χ4v) is 0.980. The molecular formula is C8H8N2O3. The fourth-order valence-electron chi connectivity index (χ4n) is 0.980. The van der Waals surface area contributed by atoms with Crippen molar-refractivity contribution in [3.8, 4) is 5.75 Å². The average Bonchev–Trinajstić information content (AvgIpc) is 2.89. The first-order valence-electron chi connectivity index (χ1n) is 4.02. The molecule has 0 amide bonds. The van der Waals surface area contributed by atoms with Gasteiger partial charge in [-0.15, -0.1) is 0 Å². The minimum absolute atomic E-state index is 0.0121. The Labute approximate surface area is 74.5 Å². The maximum absolute atomic E-state index is 10.5. The minimum atomic E-state index is -0.459. The summed E-state index contributed by atoms with van der Waals surface area (Å²) in [5.41, 5.74) is -0.0121. The lowest BCUT2D eigenvalue weighted by Crippen LogP contribution is -2.00. The van der Waals surface area contributed by atoms with E-state index >= 15 is 0 Å². The van der Waals surface area contributed by atoms with E-state index in [2.05, 4.69) is 4.98 Å². The number of nitrogens with zero attached hydrogens (tertiary/aromatic N) is 2. The molecule has 2 rings (SSSR count). The van der Waals surface area contributed by atoms with Gasteiger partial charge < -0.3 is 4.74 Å². The van der Waals surface area contributed by atoms with Crippen LogP contribution in [0.2, 0.25) is 0 Å². The molecule has 1 heterocycles. The molecule has 13 heavy (non-hydrogen) atoms. The molecule has 0 radical (unpaired) electrons. The van der Waals surface area contributed by atoms with Gasteiger partial charge in [-0.1, -0.05) is 0 Å². The van der Waals surface area contributed by atoms with Gasteiger partial charge in [-0.05, 0) is 12.8 Å². The Balaban J connectivity index is 2.25. The van der Waals surface area contributed by atoms with Crippen LogP contribution in [0.1, 0.15) is 12.8 Å². The quantitative estimate of drug-likeness (QED) is 0.522. The highest BCUT2D eigenvalue weighted by molar-refractivity contribution is 5.43. The van der Waals surface area contributed by atoms with Crippen LogP contribution in [0, 0.1) is 10.1 Å². The maximum atomic E-state index is 10.5. The van der Waals surface area contributed by atoms with Crippen molar-refractivity contribution in [2.24, 2.45) is 0 Å². The zero-order chi connectivity index (χ0) is 9.26. The molecule has 0 bridgehead atoms. The third-order valence-corrected chi connectivity index (χ3v) is 1.78. The number of hydrogen-bond donors (Lipinski definition) is 0. The van der Waals surface area contributed by atoms with Gasteiger partial charge in [0.05, 0.1) is 17.2 Å². The Morgan fingerprint density at radius 1 is 1.62 bits per heavy atom. The van der Waals surface area contributed by atoms with Crippen molar-refractivity contribution in [1.82, 2.24) is 4.98 Å². The normalized spacial score (nSPS) is 15.4. The highest BCUT2D eigenvalue weighted by atomic mass is 16.6. The Bertz CT molecular complexity index is 336. The third kappa shape index (κ3) is 1.74. The molecule has 1 saturated carbocycles. The monoisotopic (exact) mass is 180 g/mol. The lowest BCUT2D eigenvalue weighted by atomic mass is 10.4. The van der Waals surface area contributed by atoms with E-state index in [1.807, 2.05) is 0 Å². The molecule has 1 aromatic heterocycles. The summed E-state index contributed by atoms with van der Waals surface area (Å²) in [6, 6.07) is 1.34. The Hall–Kier alpha value is -1.65. The van der Waals surface area contributed by atoms with Crippen LogP contribution in [0.15, 0.2) is 18.5 Å². The number of pyridine rings is 1. The average molecular weight is 180 g/mol. The Morgan fingerprint density at radius 3 is 3.00 bits per heavy atom. The molecule has 5 nitrogen and oxygen atoms in total. The second kappa shape index (κ2) is 3.01. The van der Waals surface area contributed by atoms with Crippen molar-refractivity contribution in [3.63, 3.8) is 0 Å². The summed E-state index contributed by atoms with van der Waals surface area (Å²) in [5, 5.41) is 10.5. The van der Waals surface area contributed by atoms with Crippen molar-refractivity contribution < 1.29 is 9.66 Å². The molecule has 1 aliphatic rings. The van der Waals surface area contributed by atoms with Gasteiger partial charge >= 0.3 is 5.69 Å². The molecule has 1 aromatic rings. The van der Waals surface area contributed by atoms with Gasteiger partial charge in [0, 0.05) is 12.3 Å². The van der Waals surface area contributed by atoms with Gasteiger partial charge in [-0.3, -0.25) is 15.1 Å². The topological polar surface area (TPSA) is 65.3 Å². The molecule has 68 valence electrons. The van der Waals surface area contributed by atoms with Crippen molar-refractivity contribution in [2.45, 2.75) is 18.9 Å².